The van der Waals surface area contributed by atoms with Crippen molar-refractivity contribution in [2.24, 2.45) is 7.05 Å². The van der Waals surface area contributed by atoms with Crippen LogP contribution in [0.1, 0.15) is 21.6 Å². The van der Waals surface area contributed by atoms with E-state index in [1.807, 2.05) is 0 Å². The summed E-state index contributed by atoms with van der Waals surface area (Å²) in [5.41, 5.74) is -0.540. The molecule has 21 heavy (non-hydrogen) atoms. The summed E-state index contributed by atoms with van der Waals surface area (Å²) in [5, 5.41) is 21.5. The molecule has 0 bridgehead atoms. The number of rotatable bonds is 3. The fourth-order valence-electron chi connectivity index (χ4n) is 1.93. The average molecular weight is 300 g/mol. The third-order valence-electron chi connectivity index (χ3n) is 2.89. The fraction of sp³-hybridized carbons (Fsp3) is 0.231. The van der Waals surface area contributed by atoms with E-state index in [2.05, 4.69) is 5.10 Å². The van der Waals surface area contributed by atoms with Gasteiger partial charge in [-0.15, -0.1) is 0 Å². The first-order valence-electron chi connectivity index (χ1n) is 5.82. The van der Waals surface area contributed by atoms with Crippen molar-refractivity contribution in [3.63, 3.8) is 0 Å². The van der Waals surface area contributed by atoms with Crippen LogP contribution in [0.25, 0.3) is 11.3 Å². The van der Waals surface area contributed by atoms with E-state index in [9.17, 15) is 18.0 Å². The van der Waals surface area contributed by atoms with Crippen molar-refractivity contribution in [2.75, 3.05) is 0 Å². The van der Waals surface area contributed by atoms with E-state index >= 15 is 0 Å². The monoisotopic (exact) mass is 300 g/mol. The lowest BCUT2D eigenvalue weighted by Crippen LogP contribution is -2.06. The Labute approximate surface area is 117 Å². The number of carboxylic acids is 1. The molecule has 0 amide bonds. The number of benzene rings is 1. The van der Waals surface area contributed by atoms with Crippen molar-refractivity contribution in [1.29, 1.82) is 0 Å². The first kappa shape index (κ1) is 15.0. The van der Waals surface area contributed by atoms with Gasteiger partial charge in [0.05, 0.1) is 17.9 Å². The lowest BCUT2D eigenvalue weighted by molar-refractivity contribution is -0.141. The second-order valence-corrected chi connectivity index (χ2v) is 4.42. The van der Waals surface area contributed by atoms with Gasteiger partial charge in [-0.1, -0.05) is 0 Å². The molecule has 2 rings (SSSR count). The topological polar surface area (TPSA) is 75.3 Å². The van der Waals surface area contributed by atoms with Gasteiger partial charge in [0.1, 0.15) is 0 Å². The van der Waals surface area contributed by atoms with E-state index < -0.39 is 24.4 Å². The molecule has 0 saturated heterocycles. The largest absolute Gasteiger partial charge is 0.478 e. The van der Waals surface area contributed by atoms with E-state index in [4.69, 9.17) is 10.2 Å². The third-order valence-corrected chi connectivity index (χ3v) is 2.89. The highest BCUT2D eigenvalue weighted by Crippen LogP contribution is 2.32. The molecule has 0 spiro atoms. The highest BCUT2D eigenvalue weighted by molar-refractivity contribution is 5.89. The second-order valence-electron chi connectivity index (χ2n) is 4.42. The molecule has 1 aromatic heterocycles. The molecule has 8 heteroatoms. The highest BCUT2D eigenvalue weighted by atomic mass is 19.4. The first-order chi connectivity index (χ1) is 9.72. The van der Waals surface area contributed by atoms with Gasteiger partial charge in [0.15, 0.2) is 5.69 Å². The number of aromatic carboxylic acids is 1. The molecule has 0 radical (unpaired) electrons. The zero-order valence-corrected chi connectivity index (χ0v) is 10.8. The summed E-state index contributed by atoms with van der Waals surface area (Å²) in [5.74, 6) is -1.23. The number of aliphatic hydroxyl groups excluding tert-OH is 1. The minimum atomic E-state index is -4.58. The third kappa shape index (κ3) is 3.05. The summed E-state index contributed by atoms with van der Waals surface area (Å²) in [6, 6.07) is 4.75. The molecule has 112 valence electrons. The van der Waals surface area contributed by atoms with E-state index in [0.29, 0.717) is 5.56 Å². The number of aromatic nitrogens is 2. The van der Waals surface area contributed by atoms with Gasteiger partial charge in [0, 0.05) is 12.6 Å². The van der Waals surface area contributed by atoms with E-state index in [1.165, 1.54) is 25.2 Å². The second kappa shape index (κ2) is 5.21. The molecule has 0 saturated carbocycles. The van der Waals surface area contributed by atoms with Crippen LogP contribution in [0.2, 0.25) is 0 Å². The molecular formula is C13H11F3N2O3. The van der Waals surface area contributed by atoms with Gasteiger partial charge >= 0.3 is 12.1 Å². The number of hydrogen-bond acceptors (Lipinski definition) is 3. The number of halogens is 3. The van der Waals surface area contributed by atoms with Gasteiger partial charge in [0.25, 0.3) is 0 Å². The van der Waals surface area contributed by atoms with Crippen LogP contribution in [0.3, 0.4) is 0 Å². The molecule has 2 N–H and O–H groups in total. The molecule has 2 aromatic rings. The quantitative estimate of drug-likeness (QED) is 0.912. The SMILES string of the molecule is Cn1nc(C(F)(F)F)cc1-c1cc(CO)cc(C(=O)O)c1. The summed E-state index contributed by atoms with van der Waals surface area (Å²) in [7, 11) is 1.33. The summed E-state index contributed by atoms with van der Waals surface area (Å²) in [4.78, 5) is 11.0. The molecule has 0 unspecified atom stereocenters. The van der Waals surface area contributed by atoms with E-state index in [1.54, 1.807) is 0 Å². The Hall–Kier alpha value is -2.35. The van der Waals surface area contributed by atoms with Crippen molar-refractivity contribution in [3.8, 4) is 11.3 Å². The normalized spacial score (nSPS) is 11.7. The molecular weight excluding hydrogens is 289 g/mol. The van der Waals surface area contributed by atoms with Crippen LogP contribution in [0.4, 0.5) is 13.2 Å². The van der Waals surface area contributed by atoms with Crippen molar-refractivity contribution in [1.82, 2.24) is 9.78 Å². The van der Waals surface area contributed by atoms with Gasteiger partial charge in [-0.2, -0.15) is 18.3 Å². The molecule has 0 aliphatic rings. The van der Waals surface area contributed by atoms with Crippen LogP contribution >= 0.6 is 0 Å². The number of carbonyl (C=O) groups is 1. The Morgan fingerprint density at radius 3 is 2.43 bits per heavy atom. The molecule has 0 atom stereocenters. The van der Waals surface area contributed by atoms with Gasteiger partial charge in [-0.25, -0.2) is 4.79 Å². The minimum absolute atomic E-state index is 0.111. The van der Waals surface area contributed by atoms with Gasteiger partial charge in [-0.05, 0) is 29.8 Å². The molecule has 0 aliphatic heterocycles. The highest BCUT2D eigenvalue weighted by Gasteiger charge is 2.34. The van der Waals surface area contributed by atoms with Gasteiger partial charge < -0.3 is 10.2 Å². The number of aryl methyl sites for hydroxylation is 1. The van der Waals surface area contributed by atoms with Crippen molar-refractivity contribution in [2.45, 2.75) is 12.8 Å². The molecule has 1 heterocycles. The van der Waals surface area contributed by atoms with Crippen LogP contribution in [-0.2, 0) is 19.8 Å². The van der Waals surface area contributed by atoms with Crippen LogP contribution in [0, 0.1) is 0 Å². The summed E-state index contributed by atoms with van der Waals surface area (Å²) in [6.07, 6.45) is -4.58. The van der Waals surface area contributed by atoms with Crippen LogP contribution in [-0.4, -0.2) is 26.0 Å². The minimum Gasteiger partial charge on any atom is -0.478 e. The number of nitrogens with zero attached hydrogens (tertiary/aromatic N) is 2. The van der Waals surface area contributed by atoms with Crippen LogP contribution in [0.5, 0.6) is 0 Å². The first-order valence-corrected chi connectivity index (χ1v) is 5.82. The summed E-state index contributed by atoms with van der Waals surface area (Å²) >= 11 is 0. The zero-order valence-electron chi connectivity index (χ0n) is 10.8. The van der Waals surface area contributed by atoms with Gasteiger partial charge in [-0.3, -0.25) is 4.68 Å². The molecule has 0 fully saturated rings. The maximum atomic E-state index is 12.6. The maximum Gasteiger partial charge on any atom is 0.435 e. The average Bonchev–Trinajstić information content (AvgIpc) is 2.80. The molecule has 1 aromatic carbocycles. The number of aliphatic hydroxyl groups is 1. The molecule has 5 nitrogen and oxygen atoms in total. The fourth-order valence-corrected chi connectivity index (χ4v) is 1.93. The Morgan fingerprint density at radius 1 is 1.29 bits per heavy atom. The van der Waals surface area contributed by atoms with Crippen molar-refractivity contribution < 1.29 is 28.2 Å². The maximum absolute atomic E-state index is 12.6. The smallest absolute Gasteiger partial charge is 0.435 e. The van der Waals surface area contributed by atoms with E-state index in [-0.39, 0.29) is 16.8 Å². The lowest BCUT2D eigenvalue weighted by atomic mass is 10.0. The zero-order chi connectivity index (χ0) is 15.8. The summed E-state index contributed by atoms with van der Waals surface area (Å²) < 4.78 is 38.9. The number of hydrogen-bond donors (Lipinski definition) is 2. The number of alkyl halides is 3. The van der Waals surface area contributed by atoms with Crippen LogP contribution in [0.15, 0.2) is 24.3 Å². The van der Waals surface area contributed by atoms with E-state index in [0.717, 1.165) is 10.7 Å². The van der Waals surface area contributed by atoms with Crippen LogP contribution < -0.4 is 0 Å². The van der Waals surface area contributed by atoms with Crippen molar-refractivity contribution in [3.05, 3.63) is 41.1 Å². The predicted octanol–water partition coefficient (Wildman–Crippen LogP) is 2.30. The Kier molecular flexibility index (Phi) is 3.73. The van der Waals surface area contributed by atoms with Gasteiger partial charge in [0.2, 0.25) is 0 Å². The lowest BCUT2D eigenvalue weighted by Gasteiger charge is -2.06. The number of carboxylic acid groups (broad SMARTS) is 1. The molecule has 0 aliphatic carbocycles. The standard InChI is InChI=1S/C13H11F3N2O3/c1-18-10(5-11(17-18)13(14,15)16)8-2-7(6-19)3-9(4-8)12(20)21/h2-5,19H,6H2,1H3,(H,20,21). The summed E-state index contributed by atoms with van der Waals surface area (Å²) in [6.45, 7) is -0.419. The Bertz CT molecular complexity index is 692. The Morgan fingerprint density at radius 2 is 1.95 bits per heavy atom. The Balaban J connectivity index is 2.58. The van der Waals surface area contributed by atoms with Crippen molar-refractivity contribution >= 4 is 5.97 Å². The predicted molar refractivity (Wildman–Crippen MR) is 66.5 cm³/mol.